The Morgan fingerprint density at radius 1 is 1.19 bits per heavy atom. The van der Waals surface area contributed by atoms with Crippen molar-refractivity contribution in [1.29, 1.82) is 0 Å². The molecule has 118 valence electrons. The summed E-state index contributed by atoms with van der Waals surface area (Å²) in [5.74, 6) is 4.08. The van der Waals surface area contributed by atoms with E-state index in [1.807, 2.05) is 6.07 Å². The first-order valence-corrected chi connectivity index (χ1v) is 7.99. The van der Waals surface area contributed by atoms with E-state index in [1.54, 1.807) is 7.11 Å². The summed E-state index contributed by atoms with van der Waals surface area (Å²) in [6.07, 6.45) is 3.71. The van der Waals surface area contributed by atoms with Gasteiger partial charge < -0.3 is 15.4 Å². The second kappa shape index (κ2) is 7.59. The van der Waals surface area contributed by atoms with Crippen LogP contribution in [0.1, 0.15) is 45.9 Å². The van der Waals surface area contributed by atoms with E-state index in [1.165, 1.54) is 19.3 Å². The van der Waals surface area contributed by atoms with Gasteiger partial charge in [0.25, 0.3) is 0 Å². The highest BCUT2D eigenvalue weighted by molar-refractivity contribution is 5.48. The van der Waals surface area contributed by atoms with Crippen LogP contribution >= 0.6 is 0 Å². The number of hydrogen-bond acceptors (Lipinski definition) is 5. The second-order valence-electron chi connectivity index (χ2n) is 6.13. The molecule has 1 fully saturated rings. The first-order valence-electron chi connectivity index (χ1n) is 7.99. The van der Waals surface area contributed by atoms with Crippen molar-refractivity contribution < 1.29 is 4.74 Å². The number of nitrogens with one attached hydrogen (secondary N) is 2. The fraction of sp³-hybridized carbons (Fsp3) is 0.750. The van der Waals surface area contributed by atoms with Gasteiger partial charge in [0.05, 0.1) is 0 Å². The molecule has 0 saturated heterocycles. The summed E-state index contributed by atoms with van der Waals surface area (Å²) in [7, 11) is 1.67. The van der Waals surface area contributed by atoms with Crippen molar-refractivity contribution in [2.45, 2.75) is 52.7 Å². The predicted octanol–water partition coefficient (Wildman–Crippen LogP) is 3.29. The van der Waals surface area contributed by atoms with E-state index >= 15 is 0 Å². The van der Waals surface area contributed by atoms with Crippen LogP contribution in [0.2, 0.25) is 0 Å². The molecule has 1 heterocycles. The number of nitrogens with zero attached hydrogens (tertiary/aromatic N) is 2. The van der Waals surface area contributed by atoms with Gasteiger partial charge in [-0.2, -0.15) is 0 Å². The molecule has 0 aliphatic heterocycles. The van der Waals surface area contributed by atoms with Crippen LogP contribution in [0.3, 0.4) is 0 Å². The van der Waals surface area contributed by atoms with Crippen LogP contribution in [0.25, 0.3) is 0 Å². The molecule has 1 aliphatic rings. The third-order valence-electron chi connectivity index (χ3n) is 4.35. The Kier molecular flexibility index (Phi) is 5.79. The molecule has 5 heteroatoms. The number of anilines is 2. The molecule has 2 rings (SSSR count). The summed E-state index contributed by atoms with van der Waals surface area (Å²) >= 11 is 0. The molecule has 2 N–H and O–H groups in total. The highest BCUT2D eigenvalue weighted by Gasteiger charge is 2.24. The summed E-state index contributed by atoms with van der Waals surface area (Å²) in [4.78, 5) is 9.00. The van der Waals surface area contributed by atoms with Gasteiger partial charge in [0.15, 0.2) is 5.82 Å². The van der Waals surface area contributed by atoms with Crippen molar-refractivity contribution in [3.63, 3.8) is 0 Å². The van der Waals surface area contributed by atoms with Gasteiger partial charge in [-0.3, -0.25) is 0 Å². The molecule has 1 aromatic heterocycles. The Hall–Kier alpha value is -1.36. The maximum atomic E-state index is 5.16. The number of methoxy groups -OCH3 is 1. The van der Waals surface area contributed by atoms with Crippen molar-refractivity contribution in [1.82, 2.24) is 9.97 Å². The van der Waals surface area contributed by atoms with E-state index < -0.39 is 0 Å². The lowest BCUT2D eigenvalue weighted by Crippen LogP contribution is -2.30. The Morgan fingerprint density at radius 3 is 2.62 bits per heavy atom. The maximum absolute atomic E-state index is 5.16. The minimum atomic E-state index is 0.437. The lowest BCUT2D eigenvalue weighted by Gasteiger charge is -2.32. The zero-order chi connectivity index (χ0) is 15.2. The SMILES string of the molecule is CCNc1cc(NC2CCC(C)C(C)C2)nc(COC)n1. The third-order valence-corrected chi connectivity index (χ3v) is 4.35. The van der Waals surface area contributed by atoms with E-state index in [9.17, 15) is 0 Å². The van der Waals surface area contributed by atoms with Crippen molar-refractivity contribution >= 4 is 11.6 Å². The lowest BCUT2D eigenvalue weighted by molar-refractivity contribution is 0.178. The Morgan fingerprint density at radius 2 is 1.95 bits per heavy atom. The molecule has 1 aliphatic carbocycles. The van der Waals surface area contributed by atoms with Gasteiger partial charge in [-0.15, -0.1) is 0 Å². The fourth-order valence-corrected chi connectivity index (χ4v) is 2.92. The molecule has 1 aromatic rings. The number of ether oxygens (including phenoxy) is 1. The van der Waals surface area contributed by atoms with Crippen LogP contribution in [0.15, 0.2) is 6.07 Å². The van der Waals surface area contributed by atoms with Crippen LogP contribution in [-0.2, 0) is 11.3 Å². The van der Waals surface area contributed by atoms with Crippen molar-refractivity contribution in [2.75, 3.05) is 24.3 Å². The molecule has 0 bridgehead atoms. The average molecular weight is 292 g/mol. The van der Waals surface area contributed by atoms with Crippen LogP contribution < -0.4 is 10.6 Å². The third kappa shape index (κ3) is 4.56. The minimum Gasteiger partial charge on any atom is -0.377 e. The molecule has 1 saturated carbocycles. The zero-order valence-electron chi connectivity index (χ0n) is 13.6. The molecule has 0 amide bonds. The van der Waals surface area contributed by atoms with E-state index in [0.29, 0.717) is 12.6 Å². The summed E-state index contributed by atoms with van der Waals surface area (Å²) < 4.78 is 5.16. The number of aromatic nitrogens is 2. The Bertz CT molecular complexity index is 428. The summed E-state index contributed by atoms with van der Waals surface area (Å²) in [5, 5.41) is 6.84. The van der Waals surface area contributed by atoms with Gasteiger partial charge in [0, 0.05) is 25.8 Å². The molecule has 3 atom stereocenters. The first kappa shape index (κ1) is 16.0. The largest absolute Gasteiger partial charge is 0.377 e. The molecular formula is C16H28N4O. The Labute approximate surface area is 127 Å². The molecule has 3 unspecified atom stereocenters. The number of hydrogen-bond donors (Lipinski definition) is 2. The van der Waals surface area contributed by atoms with Gasteiger partial charge >= 0.3 is 0 Å². The molecule has 5 nitrogen and oxygen atoms in total. The first-order chi connectivity index (χ1) is 10.1. The Balaban J connectivity index is 2.07. The lowest BCUT2D eigenvalue weighted by atomic mass is 9.79. The number of rotatable bonds is 6. The van der Waals surface area contributed by atoms with E-state index in [-0.39, 0.29) is 0 Å². The summed E-state index contributed by atoms with van der Waals surface area (Å²) in [6, 6.07) is 2.50. The zero-order valence-corrected chi connectivity index (χ0v) is 13.6. The summed E-state index contributed by atoms with van der Waals surface area (Å²) in [6.45, 7) is 8.05. The van der Waals surface area contributed by atoms with Crippen molar-refractivity contribution in [3.05, 3.63) is 11.9 Å². The standard InChI is InChI=1S/C16H28N4O/c1-5-17-14-9-15(20-16(19-14)10-21-4)18-13-7-6-11(2)12(3)8-13/h9,11-13H,5-8,10H2,1-4H3,(H2,17,18,19,20). The summed E-state index contributed by atoms with van der Waals surface area (Å²) in [5.41, 5.74) is 0. The molecule has 21 heavy (non-hydrogen) atoms. The highest BCUT2D eigenvalue weighted by atomic mass is 16.5. The topological polar surface area (TPSA) is 59.1 Å². The van der Waals surface area contributed by atoms with Gasteiger partial charge in [0.1, 0.15) is 18.2 Å². The van der Waals surface area contributed by atoms with E-state index in [2.05, 4.69) is 41.4 Å². The smallest absolute Gasteiger partial charge is 0.158 e. The van der Waals surface area contributed by atoms with Gasteiger partial charge in [-0.1, -0.05) is 13.8 Å². The van der Waals surface area contributed by atoms with Gasteiger partial charge in [-0.05, 0) is 38.0 Å². The molecule has 0 radical (unpaired) electrons. The fourth-order valence-electron chi connectivity index (χ4n) is 2.92. The van der Waals surface area contributed by atoms with Gasteiger partial charge in [-0.25, -0.2) is 9.97 Å². The normalized spacial score (nSPS) is 25.6. The maximum Gasteiger partial charge on any atom is 0.158 e. The molecule has 0 spiro atoms. The van der Waals surface area contributed by atoms with Crippen molar-refractivity contribution in [3.8, 4) is 0 Å². The highest BCUT2D eigenvalue weighted by Crippen LogP contribution is 2.31. The second-order valence-corrected chi connectivity index (χ2v) is 6.13. The van der Waals surface area contributed by atoms with E-state index in [0.717, 1.165) is 35.8 Å². The van der Waals surface area contributed by atoms with Crippen LogP contribution in [0.4, 0.5) is 11.6 Å². The minimum absolute atomic E-state index is 0.437. The predicted molar refractivity (Wildman–Crippen MR) is 86.5 cm³/mol. The van der Waals surface area contributed by atoms with E-state index in [4.69, 9.17) is 4.74 Å². The molecule has 0 aromatic carbocycles. The van der Waals surface area contributed by atoms with Crippen molar-refractivity contribution in [2.24, 2.45) is 11.8 Å². The molecular weight excluding hydrogens is 264 g/mol. The average Bonchev–Trinajstić information content (AvgIpc) is 2.43. The quantitative estimate of drug-likeness (QED) is 0.842. The van der Waals surface area contributed by atoms with Crippen LogP contribution in [0, 0.1) is 11.8 Å². The van der Waals surface area contributed by atoms with Crippen LogP contribution in [0.5, 0.6) is 0 Å². The monoisotopic (exact) mass is 292 g/mol. The van der Waals surface area contributed by atoms with Crippen LogP contribution in [-0.4, -0.2) is 29.7 Å². The van der Waals surface area contributed by atoms with Gasteiger partial charge in [0.2, 0.25) is 0 Å².